The molecule has 0 atom stereocenters. The van der Waals surface area contributed by atoms with E-state index in [4.69, 9.17) is 15.4 Å². The van der Waals surface area contributed by atoms with Crippen LogP contribution < -0.4 is 4.72 Å². The number of sulfonamides is 1. The molecule has 1 aromatic carbocycles. The summed E-state index contributed by atoms with van der Waals surface area (Å²) >= 11 is 0. The predicted octanol–water partition coefficient (Wildman–Crippen LogP) is 1.39. The fourth-order valence-corrected chi connectivity index (χ4v) is 2.93. The van der Waals surface area contributed by atoms with E-state index in [1.165, 1.54) is 24.3 Å². The van der Waals surface area contributed by atoms with Crippen LogP contribution in [0.15, 0.2) is 29.2 Å². The Hall–Kier alpha value is -0.830. The molecule has 0 aliphatic rings. The van der Waals surface area contributed by atoms with Gasteiger partial charge in [-0.25, -0.2) is 16.8 Å². The van der Waals surface area contributed by atoms with Crippen LogP contribution in [-0.2, 0) is 23.8 Å². The Morgan fingerprint density at radius 2 is 1.74 bits per heavy atom. The number of benzene rings is 1. The highest BCUT2D eigenvalue weighted by molar-refractivity contribution is 8.13. The lowest BCUT2D eigenvalue weighted by atomic mass is 10.3. The number of anilines is 1. The zero-order valence-electron chi connectivity index (χ0n) is 10.2. The largest absolute Gasteiger partial charge is 0.381 e. The van der Waals surface area contributed by atoms with Crippen LogP contribution in [0, 0.1) is 0 Å². The second-order valence-electron chi connectivity index (χ2n) is 3.58. The van der Waals surface area contributed by atoms with Gasteiger partial charge in [0, 0.05) is 23.0 Å². The van der Waals surface area contributed by atoms with E-state index in [-0.39, 0.29) is 22.9 Å². The van der Waals surface area contributed by atoms with Gasteiger partial charge in [-0.3, -0.25) is 4.72 Å². The first-order valence-electron chi connectivity index (χ1n) is 5.37. The van der Waals surface area contributed by atoms with Crippen molar-refractivity contribution < 1.29 is 21.6 Å². The van der Waals surface area contributed by atoms with Crippen molar-refractivity contribution in [3.8, 4) is 0 Å². The van der Waals surface area contributed by atoms with Crippen LogP contribution >= 0.6 is 10.7 Å². The Kier molecular flexibility index (Phi) is 5.60. The van der Waals surface area contributed by atoms with Gasteiger partial charge in [0.15, 0.2) is 0 Å². The van der Waals surface area contributed by atoms with E-state index < -0.39 is 19.1 Å². The second-order valence-corrected chi connectivity index (χ2v) is 7.99. The third kappa shape index (κ3) is 5.77. The summed E-state index contributed by atoms with van der Waals surface area (Å²) in [5.74, 6) is -0.170. The number of nitrogens with one attached hydrogen (secondary N) is 1. The Bertz CT molecular complexity index is 610. The lowest BCUT2D eigenvalue weighted by Gasteiger charge is -2.08. The molecule has 9 heteroatoms. The molecular weight excluding hydrogens is 314 g/mol. The summed E-state index contributed by atoms with van der Waals surface area (Å²) in [5.41, 5.74) is 0.264. The van der Waals surface area contributed by atoms with Gasteiger partial charge in [-0.15, -0.1) is 0 Å². The average Bonchev–Trinajstić information content (AvgIpc) is 2.28. The van der Waals surface area contributed by atoms with Crippen LogP contribution in [0.4, 0.5) is 5.69 Å². The third-order valence-electron chi connectivity index (χ3n) is 2.11. The fraction of sp³-hybridized carbons (Fsp3) is 0.400. The van der Waals surface area contributed by atoms with Crippen LogP contribution in [0.3, 0.4) is 0 Å². The standard InChI is InChI=1S/C10H14ClNO5S2/c1-2-17-7-8-18(13,14)12-9-3-5-10(6-4-9)19(11,15)16/h3-6,12H,2,7-8H2,1H3. The molecule has 0 heterocycles. The van der Waals surface area contributed by atoms with E-state index >= 15 is 0 Å². The Morgan fingerprint density at radius 3 is 2.21 bits per heavy atom. The highest BCUT2D eigenvalue weighted by atomic mass is 35.7. The molecule has 6 nitrogen and oxygen atoms in total. The zero-order valence-corrected chi connectivity index (χ0v) is 12.6. The van der Waals surface area contributed by atoms with Gasteiger partial charge >= 0.3 is 0 Å². The number of ether oxygens (including phenoxy) is 1. The third-order valence-corrected chi connectivity index (χ3v) is 4.73. The van der Waals surface area contributed by atoms with Gasteiger partial charge in [-0.05, 0) is 31.2 Å². The van der Waals surface area contributed by atoms with Crippen LogP contribution in [0.1, 0.15) is 6.92 Å². The Morgan fingerprint density at radius 1 is 1.16 bits per heavy atom. The lowest BCUT2D eigenvalue weighted by Crippen LogP contribution is -2.20. The maximum Gasteiger partial charge on any atom is 0.261 e. The molecule has 1 aromatic rings. The molecule has 0 saturated heterocycles. The second kappa shape index (κ2) is 6.56. The summed E-state index contributed by atoms with van der Waals surface area (Å²) in [6.45, 7) is 2.31. The van der Waals surface area contributed by atoms with Crippen molar-refractivity contribution in [1.82, 2.24) is 0 Å². The van der Waals surface area contributed by atoms with Gasteiger partial charge in [0.2, 0.25) is 10.0 Å². The summed E-state index contributed by atoms with van der Waals surface area (Å²) in [6, 6.07) is 5.10. The molecular formula is C10H14ClNO5S2. The van der Waals surface area contributed by atoms with E-state index in [1.54, 1.807) is 6.92 Å². The van der Waals surface area contributed by atoms with Gasteiger partial charge in [-0.2, -0.15) is 0 Å². The van der Waals surface area contributed by atoms with E-state index in [1.807, 2.05) is 0 Å². The quantitative estimate of drug-likeness (QED) is 0.604. The van der Waals surface area contributed by atoms with Crippen LogP contribution in [-0.4, -0.2) is 35.8 Å². The van der Waals surface area contributed by atoms with Crippen LogP contribution in [0.5, 0.6) is 0 Å². The minimum absolute atomic E-state index is 0.0913. The molecule has 108 valence electrons. The first-order chi connectivity index (χ1) is 8.74. The van der Waals surface area contributed by atoms with Gasteiger partial charge < -0.3 is 4.74 Å². The minimum atomic E-state index is -3.81. The smallest absolute Gasteiger partial charge is 0.261 e. The normalized spacial score (nSPS) is 12.3. The molecule has 19 heavy (non-hydrogen) atoms. The maximum atomic E-state index is 11.6. The highest BCUT2D eigenvalue weighted by Gasteiger charge is 2.12. The van der Waals surface area contributed by atoms with Crippen molar-refractivity contribution in [2.45, 2.75) is 11.8 Å². The lowest BCUT2D eigenvalue weighted by molar-refractivity contribution is 0.163. The zero-order chi connectivity index (χ0) is 14.5. The predicted molar refractivity (Wildman–Crippen MR) is 73.4 cm³/mol. The first-order valence-corrected chi connectivity index (χ1v) is 9.34. The van der Waals surface area contributed by atoms with E-state index in [2.05, 4.69) is 4.72 Å². The SMILES string of the molecule is CCOCCS(=O)(=O)Nc1ccc(S(=O)(=O)Cl)cc1. The molecule has 0 fully saturated rings. The monoisotopic (exact) mass is 327 g/mol. The molecule has 0 radical (unpaired) electrons. The van der Waals surface area contributed by atoms with Gasteiger partial charge in [-0.1, -0.05) is 0 Å². The van der Waals surface area contributed by atoms with Gasteiger partial charge in [0.05, 0.1) is 17.3 Å². The summed E-state index contributed by atoms with van der Waals surface area (Å²) in [4.78, 5) is -0.0913. The summed E-state index contributed by atoms with van der Waals surface area (Å²) < 4.78 is 52.5. The molecule has 1 rings (SSSR count). The molecule has 0 saturated carbocycles. The maximum absolute atomic E-state index is 11.6. The van der Waals surface area contributed by atoms with Gasteiger partial charge in [0.1, 0.15) is 0 Å². The van der Waals surface area contributed by atoms with E-state index in [9.17, 15) is 16.8 Å². The van der Waals surface area contributed by atoms with Crippen molar-refractivity contribution in [2.75, 3.05) is 23.7 Å². The van der Waals surface area contributed by atoms with Crippen LogP contribution in [0.25, 0.3) is 0 Å². The fourth-order valence-electron chi connectivity index (χ4n) is 1.23. The molecule has 0 aliphatic heterocycles. The summed E-state index contributed by atoms with van der Waals surface area (Å²) in [7, 11) is -2.17. The Balaban J connectivity index is 2.73. The number of hydrogen-bond donors (Lipinski definition) is 1. The van der Waals surface area contributed by atoms with Crippen LogP contribution in [0.2, 0.25) is 0 Å². The molecule has 0 aliphatic carbocycles. The van der Waals surface area contributed by atoms with Crippen molar-refractivity contribution in [1.29, 1.82) is 0 Å². The van der Waals surface area contributed by atoms with E-state index in [0.29, 0.717) is 6.61 Å². The molecule has 1 N–H and O–H groups in total. The van der Waals surface area contributed by atoms with Crippen molar-refractivity contribution in [2.24, 2.45) is 0 Å². The Labute approximate surface area is 117 Å². The first kappa shape index (κ1) is 16.2. The summed E-state index contributed by atoms with van der Waals surface area (Å²) in [5, 5.41) is 0. The molecule has 0 bridgehead atoms. The van der Waals surface area contributed by atoms with Gasteiger partial charge in [0.25, 0.3) is 9.05 Å². The van der Waals surface area contributed by atoms with Crippen molar-refractivity contribution in [3.05, 3.63) is 24.3 Å². The highest BCUT2D eigenvalue weighted by Crippen LogP contribution is 2.18. The minimum Gasteiger partial charge on any atom is -0.381 e. The van der Waals surface area contributed by atoms with Crippen molar-refractivity contribution in [3.63, 3.8) is 0 Å². The van der Waals surface area contributed by atoms with Crippen molar-refractivity contribution >= 4 is 35.4 Å². The molecule has 0 unspecified atom stereocenters. The van der Waals surface area contributed by atoms with E-state index in [0.717, 1.165) is 0 Å². The molecule has 0 spiro atoms. The number of halogens is 1. The molecule has 0 aromatic heterocycles. The topological polar surface area (TPSA) is 89.5 Å². The number of rotatable bonds is 7. The average molecular weight is 328 g/mol. The summed E-state index contributed by atoms with van der Waals surface area (Å²) in [6.07, 6.45) is 0. The number of hydrogen-bond acceptors (Lipinski definition) is 5. The molecule has 0 amide bonds.